The molecule has 2 aliphatic heterocycles. The van der Waals surface area contributed by atoms with E-state index in [1.165, 1.54) is 6.92 Å². The molecule has 13 heteroatoms. The monoisotopic (exact) mass is 657 g/mol. The average molecular weight is 658 g/mol. The third-order valence-corrected chi connectivity index (χ3v) is 8.50. The van der Waals surface area contributed by atoms with Crippen LogP contribution in [0.2, 0.25) is 0 Å². The zero-order valence-corrected chi connectivity index (χ0v) is 27.5. The summed E-state index contributed by atoms with van der Waals surface area (Å²) < 4.78 is 7.50. The Kier molecular flexibility index (Phi) is 10.8. The number of nitrogens with zero attached hydrogens (tertiary/aromatic N) is 2. The van der Waals surface area contributed by atoms with Crippen LogP contribution in [0.1, 0.15) is 60.3 Å². The zero-order chi connectivity index (χ0) is 34.3. The Balaban J connectivity index is 1.39. The highest BCUT2D eigenvalue weighted by Gasteiger charge is 2.51. The van der Waals surface area contributed by atoms with Crippen molar-refractivity contribution in [2.45, 2.75) is 83.1 Å². The summed E-state index contributed by atoms with van der Waals surface area (Å²) in [6.45, 7) is 6.33. The van der Waals surface area contributed by atoms with Crippen molar-refractivity contribution in [2.24, 2.45) is 0 Å². The number of hydrogen-bond donors (Lipinski definition) is 5. The molecule has 2 aromatic carbocycles. The standard InChI is InChI=1S/C35H43N7O6/c1-4-17-42-21-27(22(2)41-42)31(44)39-28-20-25-10-12-26(13-11-25)48-18-16-36-34(47)35(14-15-35)40-33(46)29(19-24-8-6-5-7-9-24)38-30(43)23(3)37-32(28)45/h5-13,21,23,28-29H,4,14-20H2,1-3H3,(H,36,47)(H,37,45)(H,38,43)(H,39,44)(H,40,46)/t23-,28-,29+/m0/s1. The molecule has 3 atom stereocenters. The van der Waals surface area contributed by atoms with E-state index in [1.807, 2.05) is 37.3 Å². The Bertz CT molecular complexity index is 1630. The van der Waals surface area contributed by atoms with E-state index in [0.29, 0.717) is 36.4 Å². The van der Waals surface area contributed by atoms with Gasteiger partial charge < -0.3 is 31.3 Å². The summed E-state index contributed by atoms with van der Waals surface area (Å²) in [5, 5.41) is 18.4. The van der Waals surface area contributed by atoms with Crippen molar-refractivity contribution < 1.29 is 28.7 Å². The molecule has 0 radical (unpaired) electrons. The minimum Gasteiger partial charge on any atom is -0.492 e. The van der Waals surface area contributed by atoms with E-state index in [2.05, 4.69) is 31.7 Å². The minimum absolute atomic E-state index is 0.130. The average Bonchev–Trinajstić information content (AvgIpc) is 3.76. The van der Waals surface area contributed by atoms with Gasteiger partial charge in [-0.2, -0.15) is 5.10 Å². The lowest BCUT2D eigenvalue weighted by atomic mass is 10.0. The first kappa shape index (κ1) is 34.1. The predicted octanol–water partition coefficient (Wildman–Crippen LogP) is 1.33. The highest BCUT2D eigenvalue weighted by Crippen LogP contribution is 2.35. The van der Waals surface area contributed by atoms with Crippen molar-refractivity contribution in [1.82, 2.24) is 36.4 Å². The van der Waals surface area contributed by atoms with Crippen molar-refractivity contribution in [3.05, 3.63) is 83.2 Å². The minimum atomic E-state index is -1.06. The largest absolute Gasteiger partial charge is 0.492 e. The van der Waals surface area contributed by atoms with E-state index in [1.54, 1.807) is 42.1 Å². The fraction of sp³-hybridized carbons (Fsp3) is 0.429. The van der Waals surface area contributed by atoms with Crippen LogP contribution in [0.15, 0.2) is 60.8 Å². The first-order valence-electron chi connectivity index (χ1n) is 16.4. The van der Waals surface area contributed by atoms with E-state index in [-0.39, 0.29) is 31.9 Å². The van der Waals surface area contributed by atoms with Crippen LogP contribution in [0, 0.1) is 6.92 Å². The number of amides is 5. The number of carbonyl (C=O) groups is 5. The molecule has 3 aromatic rings. The molecule has 3 aliphatic rings. The van der Waals surface area contributed by atoms with Crippen LogP contribution < -0.4 is 31.3 Å². The molecule has 0 saturated heterocycles. The third kappa shape index (κ3) is 8.58. The van der Waals surface area contributed by atoms with E-state index in [9.17, 15) is 24.0 Å². The molecule has 1 spiro atoms. The van der Waals surface area contributed by atoms with Crippen LogP contribution in [0.3, 0.4) is 0 Å². The van der Waals surface area contributed by atoms with Gasteiger partial charge in [0.1, 0.15) is 36.0 Å². The van der Waals surface area contributed by atoms with Crippen LogP contribution in [0.25, 0.3) is 0 Å². The van der Waals surface area contributed by atoms with Gasteiger partial charge >= 0.3 is 0 Å². The number of fused-ring (bicyclic) bond motifs is 15. The van der Waals surface area contributed by atoms with Gasteiger partial charge in [0.25, 0.3) is 5.91 Å². The molecule has 13 nitrogen and oxygen atoms in total. The second-order valence-electron chi connectivity index (χ2n) is 12.4. The second kappa shape index (κ2) is 15.1. The summed E-state index contributed by atoms with van der Waals surface area (Å²) >= 11 is 0. The quantitative estimate of drug-likeness (QED) is 0.249. The molecule has 1 aliphatic carbocycles. The summed E-state index contributed by atoms with van der Waals surface area (Å²) in [6.07, 6.45) is 3.74. The number of carbonyl (C=O) groups excluding carboxylic acids is 5. The molecule has 5 N–H and O–H groups in total. The number of benzene rings is 2. The Morgan fingerprint density at radius 1 is 1.00 bits per heavy atom. The van der Waals surface area contributed by atoms with Gasteiger partial charge in [-0.1, -0.05) is 49.4 Å². The van der Waals surface area contributed by atoms with Crippen molar-refractivity contribution in [3.8, 4) is 5.75 Å². The highest BCUT2D eigenvalue weighted by atomic mass is 16.5. The smallest absolute Gasteiger partial charge is 0.255 e. The molecule has 1 fully saturated rings. The van der Waals surface area contributed by atoms with Crippen molar-refractivity contribution in [2.75, 3.05) is 13.2 Å². The molecular formula is C35H43N7O6. The van der Waals surface area contributed by atoms with E-state index in [0.717, 1.165) is 17.5 Å². The molecule has 0 unspecified atom stereocenters. The van der Waals surface area contributed by atoms with Crippen LogP contribution in [0.5, 0.6) is 5.75 Å². The van der Waals surface area contributed by atoms with Crippen molar-refractivity contribution in [1.29, 1.82) is 0 Å². The number of rotatable bonds is 6. The predicted molar refractivity (Wildman–Crippen MR) is 177 cm³/mol. The summed E-state index contributed by atoms with van der Waals surface area (Å²) in [5.74, 6) is -1.88. The lowest BCUT2D eigenvalue weighted by molar-refractivity contribution is -0.134. The van der Waals surface area contributed by atoms with E-state index >= 15 is 0 Å². The summed E-state index contributed by atoms with van der Waals surface area (Å²) in [4.78, 5) is 67.2. The molecular weight excluding hydrogens is 614 g/mol. The van der Waals surface area contributed by atoms with Gasteiger partial charge in [-0.15, -0.1) is 0 Å². The molecule has 48 heavy (non-hydrogen) atoms. The normalized spacial score (nSPS) is 21.7. The Hall–Kier alpha value is -5.20. The molecule has 6 rings (SSSR count). The SMILES string of the molecule is CCCn1cc(C(=O)N[C@H]2Cc3ccc(cc3)OCCNC(=O)C3(CC3)NC(=O)[C@@H](Cc3ccccc3)NC(=O)[C@H](C)NC2=O)c(C)n1. The van der Waals surface area contributed by atoms with Gasteiger partial charge in [-0.25, -0.2) is 0 Å². The molecule has 1 saturated carbocycles. The number of hydrogen-bond acceptors (Lipinski definition) is 7. The maximum absolute atomic E-state index is 13.7. The summed E-state index contributed by atoms with van der Waals surface area (Å²) in [6, 6.07) is 13.2. The second-order valence-corrected chi connectivity index (χ2v) is 12.4. The van der Waals surface area contributed by atoms with Crippen LogP contribution in [-0.4, -0.2) is 76.1 Å². The van der Waals surface area contributed by atoms with Gasteiger partial charge in [0, 0.05) is 25.6 Å². The topological polar surface area (TPSA) is 173 Å². The molecule has 2 bridgehead atoms. The van der Waals surface area contributed by atoms with Gasteiger partial charge in [0.2, 0.25) is 23.6 Å². The lowest BCUT2D eigenvalue weighted by Gasteiger charge is -2.25. The number of aryl methyl sites for hydroxylation is 2. The van der Waals surface area contributed by atoms with Gasteiger partial charge in [-0.05, 0) is 56.4 Å². The van der Waals surface area contributed by atoms with E-state index < -0.39 is 47.3 Å². The van der Waals surface area contributed by atoms with E-state index in [4.69, 9.17) is 4.74 Å². The molecule has 254 valence electrons. The first-order valence-corrected chi connectivity index (χ1v) is 16.4. The Morgan fingerprint density at radius 2 is 1.73 bits per heavy atom. The summed E-state index contributed by atoms with van der Waals surface area (Å²) in [5.41, 5.74) is 1.38. The lowest BCUT2D eigenvalue weighted by Crippen LogP contribution is -2.59. The Labute approximate surface area is 279 Å². The number of ether oxygens (including phenoxy) is 1. The first-order chi connectivity index (χ1) is 23.1. The Morgan fingerprint density at radius 3 is 2.42 bits per heavy atom. The number of nitrogens with one attached hydrogen (secondary N) is 5. The van der Waals surface area contributed by atoms with Crippen molar-refractivity contribution in [3.63, 3.8) is 0 Å². The number of aromatic nitrogens is 2. The third-order valence-electron chi connectivity index (χ3n) is 8.50. The van der Waals surface area contributed by atoms with Crippen LogP contribution >= 0.6 is 0 Å². The summed E-state index contributed by atoms with van der Waals surface area (Å²) in [7, 11) is 0. The molecule has 1 aromatic heterocycles. The maximum atomic E-state index is 13.7. The van der Waals surface area contributed by atoms with Gasteiger partial charge in [0.05, 0.1) is 17.8 Å². The van der Waals surface area contributed by atoms with Crippen LogP contribution in [-0.2, 0) is 38.6 Å². The van der Waals surface area contributed by atoms with Crippen LogP contribution in [0.4, 0.5) is 0 Å². The highest BCUT2D eigenvalue weighted by molar-refractivity contribution is 6.00. The maximum Gasteiger partial charge on any atom is 0.255 e. The van der Waals surface area contributed by atoms with Crippen molar-refractivity contribution >= 4 is 29.5 Å². The zero-order valence-electron chi connectivity index (χ0n) is 27.5. The fourth-order valence-electron chi connectivity index (χ4n) is 5.58. The fourth-order valence-corrected chi connectivity index (χ4v) is 5.58. The van der Waals surface area contributed by atoms with Gasteiger partial charge in [0.15, 0.2) is 0 Å². The molecule has 5 amide bonds. The molecule has 3 heterocycles. The van der Waals surface area contributed by atoms with Gasteiger partial charge in [-0.3, -0.25) is 28.7 Å².